The van der Waals surface area contributed by atoms with E-state index in [0.717, 1.165) is 6.20 Å². The number of halogens is 2. The lowest BCUT2D eigenvalue weighted by molar-refractivity contribution is 0.606. The average Bonchev–Trinajstić information content (AvgIpc) is 2.33. The molecule has 2 aromatic heterocycles. The van der Waals surface area contributed by atoms with Gasteiger partial charge in [-0.1, -0.05) is 0 Å². The van der Waals surface area contributed by atoms with Crippen LogP contribution in [0.15, 0.2) is 18.3 Å². The Morgan fingerprint density at radius 1 is 1.18 bits per heavy atom. The van der Waals surface area contributed by atoms with Gasteiger partial charge in [-0.05, 0) is 19.1 Å². The van der Waals surface area contributed by atoms with Crippen LogP contribution in [-0.2, 0) is 0 Å². The summed E-state index contributed by atoms with van der Waals surface area (Å²) in [5, 5.41) is 2.63. The van der Waals surface area contributed by atoms with Crippen molar-refractivity contribution in [3.63, 3.8) is 0 Å². The second-order valence-electron chi connectivity index (χ2n) is 3.41. The summed E-state index contributed by atoms with van der Waals surface area (Å²) in [7, 11) is 1.56. The molecule has 2 rings (SSSR count). The SMILES string of the molecule is CNc1nc(-c2ccc(F)cn2)nc(C)c1F. The van der Waals surface area contributed by atoms with Crippen molar-refractivity contribution in [1.29, 1.82) is 0 Å². The Morgan fingerprint density at radius 2 is 1.94 bits per heavy atom. The van der Waals surface area contributed by atoms with Crippen LogP contribution in [0.4, 0.5) is 14.6 Å². The molecular weight excluding hydrogens is 226 g/mol. The van der Waals surface area contributed by atoms with Crippen LogP contribution in [0.5, 0.6) is 0 Å². The van der Waals surface area contributed by atoms with Gasteiger partial charge >= 0.3 is 0 Å². The Morgan fingerprint density at radius 3 is 2.53 bits per heavy atom. The smallest absolute Gasteiger partial charge is 0.186 e. The summed E-state index contributed by atoms with van der Waals surface area (Å²) < 4.78 is 26.2. The lowest BCUT2D eigenvalue weighted by Gasteiger charge is -2.06. The van der Waals surface area contributed by atoms with Crippen LogP contribution >= 0.6 is 0 Å². The fourth-order valence-corrected chi connectivity index (χ4v) is 1.35. The summed E-state index contributed by atoms with van der Waals surface area (Å²) in [5.41, 5.74) is 0.608. The van der Waals surface area contributed by atoms with Gasteiger partial charge in [0.2, 0.25) is 0 Å². The van der Waals surface area contributed by atoms with Crippen LogP contribution in [0, 0.1) is 18.6 Å². The average molecular weight is 236 g/mol. The number of aromatic nitrogens is 3. The van der Waals surface area contributed by atoms with Gasteiger partial charge in [-0.25, -0.2) is 23.7 Å². The maximum Gasteiger partial charge on any atom is 0.186 e. The molecule has 0 aliphatic heterocycles. The van der Waals surface area contributed by atoms with Gasteiger partial charge in [0.25, 0.3) is 0 Å². The van der Waals surface area contributed by atoms with Crippen molar-refractivity contribution in [3.05, 3.63) is 35.7 Å². The minimum absolute atomic E-state index is 0.0959. The highest BCUT2D eigenvalue weighted by Gasteiger charge is 2.12. The topological polar surface area (TPSA) is 50.7 Å². The minimum Gasteiger partial charge on any atom is -0.371 e. The molecule has 0 fully saturated rings. The lowest BCUT2D eigenvalue weighted by Crippen LogP contribution is -2.04. The highest BCUT2D eigenvalue weighted by atomic mass is 19.1. The highest BCUT2D eigenvalue weighted by Crippen LogP contribution is 2.19. The normalized spacial score (nSPS) is 10.4. The van der Waals surface area contributed by atoms with E-state index in [-0.39, 0.29) is 17.3 Å². The van der Waals surface area contributed by atoms with Crippen molar-refractivity contribution in [2.45, 2.75) is 6.92 Å². The number of pyridine rings is 1. The number of hydrogen-bond donors (Lipinski definition) is 1. The van der Waals surface area contributed by atoms with Crippen molar-refractivity contribution < 1.29 is 8.78 Å². The number of nitrogens with one attached hydrogen (secondary N) is 1. The quantitative estimate of drug-likeness (QED) is 0.868. The fourth-order valence-electron chi connectivity index (χ4n) is 1.35. The molecule has 0 amide bonds. The molecule has 0 bridgehead atoms. The van der Waals surface area contributed by atoms with E-state index < -0.39 is 11.6 Å². The molecule has 6 heteroatoms. The molecule has 2 aromatic rings. The molecule has 0 saturated carbocycles. The van der Waals surface area contributed by atoms with Crippen LogP contribution < -0.4 is 5.32 Å². The zero-order valence-electron chi connectivity index (χ0n) is 9.33. The molecule has 0 aliphatic carbocycles. The third kappa shape index (κ3) is 2.20. The first-order valence-electron chi connectivity index (χ1n) is 4.95. The Hall–Kier alpha value is -2.11. The number of anilines is 1. The molecule has 17 heavy (non-hydrogen) atoms. The van der Waals surface area contributed by atoms with Gasteiger partial charge in [0.05, 0.1) is 11.9 Å². The highest BCUT2D eigenvalue weighted by molar-refractivity contribution is 5.53. The van der Waals surface area contributed by atoms with Gasteiger partial charge < -0.3 is 5.32 Å². The van der Waals surface area contributed by atoms with E-state index in [4.69, 9.17) is 0 Å². The van der Waals surface area contributed by atoms with Gasteiger partial charge in [0.15, 0.2) is 17.5 Å². The fraction of sp³-hybridized carbons (Fsp3) is 0.182. The van der Waals surface area contributed by atoms with Gasteiger partial charge in [-0.15, -0.1) is 0 Å². The molecule has 0 saturated heterocycles. The van der Waals surface area contributed by atoms with Crippen molar-refractivity contribution in [2.24, 2.45) is 0 Å². The molecule has 2 heterocycles. The standard InChI is InChI=1S/C11H10F2N4/c1-6-9(13)11(14-2)17-10(16-6)8-4-3-7(12)5-15-8/h3-5H,1-2H3,(H,14,16,17). The first-order valence-corrected chi connectivity index (χ1v) is 4.95. The van der Waals surface area contributed by atoms with E-state index in [1.54, 1.807) is 7.05 Å². The Balaban J connectivity index is 2.52. The second-order valence-corrected chi connectivity index (χ2v) is 3.41. The van der Waals surface area contributed by atoms with E-state index in [1.165, 1.54) is 19.1 Å². The summed E-state index contributed by atoms with van der Waals surface area (Å²) in [4.78, 5) is 11.8. The molecule has 1 N–H and O–H groups in total. The van der Waals surface area contributed by atoms with Crippen molar-refractivity contribution in [3.8, 4) is 11.5 Å². The number of rotatable bonds is 2. The number of nitrogens with zero attached hydrogens (tertiary/aromatic N) is 3. The number of aryl methyl sites for hydroxylation is 1. The van der Waals surface area contributed by atoms with E-state index in [9.17, 15) is 8.78 Å². The molecular formula is C11H10F2N4. The van der Waals surface area contributed by atoms with Crippen molar-refractivity contribution in [2.75, 3.05) is 12.4 Å². The van der Waals surface area contributed by atoms with Gasteiger partial charge in [0.1, 0.15) is 11.5 Å². The maximum atomic E-state index is 13.5. The Labute approximate surface area is 96.8 Å². The summed E-state index contributed by atoms with van der Waals surface area (Å²) in [6.07, 6.45) is 1.07. The second kappa shape index (κ2) is 4.40. The predicted molar refractivity (Wildman–Crippen MR) is 59.5 cm³/mol. The van der Waals surface area contributed by atoms with Crippen LogP contribution in [0.3, 0.4) is 0 Å². The molecule has 0 atom stereocenters. The van der Waals surface area contributed by atoms with E-state index in [1.807, 2.05) is 0 Å². The minimum atomic E-state index is -0.502. The summed E-state index contributed by atoms with van der Waals surface area (Å²) in [6, 6.07) is 2.70. The van der Waals surface area contributed by atoms with Gasteiger partial charge in [-0.2, -0.15) is 0 Å². The van der Waals surface area contributed by atoms with Crippen LogP contribution in [0.1, 0.15) is 5.69 Å². The van der Waals surface area contributed by atoms with Gasteiger partial charge in [0, 0.05) is 7.05 Å². The van der Waals surface area contributed by atoms with E-state index in [0.29, 0.717) is 5.69 Å². The summed E-state index contributed by atoms with van der Waals surface area (Å²) in [5.74, 6) is -0.591. The third-order valence-electron chi connectivity index (χ3n) is 2.21. The zero-order valence-corrected chi connectivity index (χ0v) is 9.33. The zero-order chi connectivity index (χ0) is 12.4. The predicted octanol–water partition coefficient (Wildman–Crippen LogP) is 2.17. The molecule has 88 valence electrons. The molecule has 0 aliphatic rings. The Kier molecular flexibility index (Phi) is 2.95. The summed E-state index contributed by atoms with van der Waals surface area (Å²) in [6.45, 7) is 1.53. The van der Waals surface area contributed by atoms with Crippen LogP contribution in [-0.4, -0.2) is 22.0 Å². The first-order chi connectivity index (χ1) is 8.11. The number of hydrogen-bond acceptors (Lipinski definition) is 4. The molecule has 4 nitrogen and oxygen atoms in total. The van der Waals surface area contributed by atoms with E-state index in [2.05, 4.69) is 20.3 Å². The van der Waals surface area contributed by atoms with Gasteiger partial charge in [-0.3, -0.25) is 0 Å². The summed E-state index contributed by atoms with van der Waals surface area (Å²) >= 11 is 0. The van der Waals surface area contributed by atoms with Crippen molar-refractivity contribution >= 4 is 5.82 Å². The monoisotopic (exact) mass is 236 g/mol. The van der Waals surface area contributed by atoms with Crippen molar-refractivity contribution in [1.82, 2.24) is 15.0 Å². The first kappa shape index (κ1) is 11.4. The van der Waals surface area contributed by atoms with Crippen LogP contribution in [0.25, 0.3) is 11.5 Å². The third-order valence-corrected chi connectivity index (χ3v) is 2.21. The Bertz CT molecular complexity index is 540. The molecule has 0 aromatic carbocycles. The largest absolute Gasteiger partial charge is 0.371 e. The lowest BCUT2D eigenvalue weighted by atomic mass is 10.3. The van der Waals surface area contributed by atoms with Crippen LogP contribution in [0.2, 0.25) is 0 Å². The maximum absolute atomic E-state index is 13.5. The molecule has 0 unspecified atom stereocenters. The van der Waals surface area contributed by atoms with E-state index >= 15 is 0 Å². The molecule has 0 spiro atoms. The molecule has 0 radical (unpaired) electrons.